The molecule has 1 atom stereocenters. The van der Waals surface area contributed by atoms with Gasteiger partial charge in [-0.25, -0.2) is 4.98 Å². The number of hydrogen-bond donors (Lipinski definition) is 0. The fourth-order valence-corrected chi connectivity index (χ4v) is 4.24. The molecule has 0 bridgehead atoms. The highest BCUT2D eigenvalue weighted by Gasteiger charge is 2.21. The number of nitrogens with zero attached hydrogens (tertiary/aromatic N) is 4. The molecule has 1 aliphatic rings. The molecule has 0 unspecified atom stereocenters. The summed E-state index contributed by atoms with van der Waals surface area (Å²) in [4.78, 5) is 11.4. The predicted molar refractivity (Wildman–Crippen MR) is 123 cm³/mol. The lowest BCUT2D eigenvalue weighted by molar-refractivity contribution is 0.121. The molecule has 0 N–H and O–H groups in total. The van der Waals surface area contributed by atoms with Gasteiger partial charge in [0.15, 0.2) is 5.65 Å². The van der Waals surface area contributed by atoms with Gasteiger partial charge in [-0.1, -0.05) is 48.5 Å². The van der Waals surface area contributed by atoms with Crippen molar-refractivity contribution >= 4 is 5.65 Å². The Hall–Kier alpha value is -3.22. The molecule has 0 radical (unpaired) electrons. The fourth-order valence-electron chi connectivity index (χ4n) is 4.24. The molecule has 2 aromatic heterocycles. The van der Waals surface area contributed by atoms with Gasteiger partial charge < -0.3 is 13.9 Å². The Balaban J connectivity index is 1.24. The minimum absolute atomic E-state index is 0.392. The molecule has 3 heterocycles. The van der Waals surface area contributed by atoms with Crippen LogP contribution >= 0.6 is 0 Å². The summed E-state index contributed by atoms with van der Waals surface area (Å²) in [5, 5.41) is 0. The Morgan fingerprint density at radius 2 is 1.91 bits per heavy atom. The summed E-state index contributed by atoms with van der Waals surface area (Å²) in [6.07, 6.45) is 8.56. The SMILES string of the molecule is c1ccc(COc2ccccc2CN2CCOC[C@H](Cc3cn4ccnc4cn3)C2)cc1. The maximum atomic E-state index is 6.18. The molecule has 32 heavy (non-hydrogen) atoms. The van der Waals surface area contributed by atoms with Crippen LogP contribution in [-0.2, 0) is 24.3 Å². The largest absolute Gasteiger partial charge is 0.489 e. The first-order valence-electron chi connectivity index (χ1n) is 11.2. The van der Waals surface area contributed by atoms with Gasteiger partial charge in [0.25, 0.3) is 0 Å². The summed E-state index contributed by atoms with van der Waals surface area (Å²) in [5.74, 6) is 1.34. The van der Waals surface area contributed by atoms with Crippen LogP contribution in [0.3, 0.4) is 0 Å². The second-order valence-electron chi connectivity index (χ2n) is 8.33. The van der Waals surface area contributed by atoms with Crippen molar-refractivity contribution < 1.29 is 9.47 Å². The first-order chi connectivity index (χ1) is 15.8. The number of para-hydroxylation sites is 1. The van der Waals surface area contributed by atoms with Crippen LogP contribution in [0.5, 0.6) is 5.75 Å². The van der Waals surface area contributed by atoms with Gasteiger partial charge >= 0.3 is 0 Å². The lowest BCUT2D eigenvalue weighted by atomic mass is 10.0. The predicted octanol–water partition coefficient (Wildman–Crippen LogP) is 4.00. The van der Waals surface area contributed by atoms with Crippen molar-refractivity contribution in [3.05, 3.63) is 96.2 Å². The van der Waals surface area contributed by atoms with Gasteiger partial charge in [0, 0.05) is 49.7 Å². The molecule has 1 saturated heterocycles. The molecule has 0 spiro atoms. The van der Waals surface area contributed by atoms with Gasteiger partial charge in [-0.05, 0) is 18.1 Å². The second kappa shape index (κ2) is 9.94. The van der Waals surface area contributed by atoms with Crippen LogP contribution in [0, 0.1) is 5.92 Å². The smallest absolute Gasteiger partial charge is 0.155 e. The molecule has 1 aliphatic heterocycles. The van der Waals surface area contributed by atoms with Crippen LogP contribution < -0.4 is 4.74 Å². The van der Waals surface area contributed by atoms with Crippen LogP contribution in [0.4, 0.5) is 0 Å². The quantitative estimate of drug-likeness (QED) is 0.445. The molecule has 0 aliphatic carbocycles. The molecule has 6 heteroatoms. The van der Waals surface area contributed by atoms with Crippen molar-refractivity contribution in [3.63, 3.8) is 0 Å². The number of rotatable bonds is 7. The zero-order chi connectivity index (χ0) is 21.6. The Morgan fingerprint density at radius 3 is 2.84 bits per heavy atom. The summed E-state index contributed by atoms with van der Waals surface area (Å²) >= 11 is 0. The normalized spacial score (nSPS) is 17.3. The molecule has 0 amide bonds. The number of imidazole rings is 1. The van der Waals surface area contributed by atoms with Crippen molar-refractivity contribution in [3.8, 4) is 5.75 Å². The zero-order valence-corrected chi connectivity index (χ0v) is 18.1. The molecule has 4 aromatic rings. The van der Waals surface area contributed by atoms with E-state index >= 15 is 0 Å². The zero-order valence-electron chi connectivity index (χ0n) is 18.1. The van der Waals surface area contributed by atoms with Crippen molar-refractivity contribution in [1.29, 1.82) is 0 Å². The fraction of sp³-hybridized carbons (Fsp3) is 0.308. The highest BCUT2D eigenvalue weighted by atomic mass is 16.5. The summed E-state index contributed by atoms with van der Waals surface area (Å²) in [7, 11) is 0. The molecule has 6 nitrogen and oxygen atoms in total. The van der Waals surface area contributed by atoms with E-state index in [2.05, 4.69) is 51.4 Å². The summed E-state index contributed by atoms with van der Waals surface area (Å²) in [6, 6.07) is 18.6. The highest BCUT2D eigenvalue weighted by Crippen LogP contribution is 2.23. The van der Waals surface area contributed by atoms with Gasteiger partial charge in [-0.15, -0.1) is 0 Å². The van der Waals surface area contributed by atoms with Crippen LogP contribution in [-0.4, -0.2) is 45.6 Å². The summed E-state index contributed by atoms with van der Waals surface area (Å²) < 4.78 is 14.1. The van der Waals surface area contributed by atoms with E-state index in [0.717, 1.165) is 56.4 Å². The van der Waals surface area contributed by atoms with E-state index in [1.54, 1.807) is 6.20 Å². The standard InChI is InChI=1S/C26H28N4O2/c1-2-6-21(7-3-1)20-32-25-9-5-4-8-23(25)17-29-12-13-31-19-22(16-29)14-24-18-30-11-10-27-26(30)15-28-24/h1-11,15,18,22H,12-14,16-17,19-20H2/t22-/m1/s1. The topological polar surface area (TPSA) is 51.9 Å². The van der Waals surface area contributed by atoms with Gasteiger partial charge in [0.05, 0.1) is 25.1 Å². The Morgan fingerprint density at radius 1 is 1.03 bits per heavy atom. The highest BCUT2D eigenvalue weighted by molar-refractivity contribution is 5.35. The number of fused-ring (bicyclic) bond motifs is 1. The van der Waals surface area contributed by atoms with Crippen molar-refractivity contribution in [2.45, 2.75) is 19.6 Å². The van der Waals surface area contributed by atoms with E-state index in [0.29, 0.717) is 12.5 Å². The number of ether oxygens (including phenoxy) is 2. The Labute approximate surface area is 188 Å². The van der Waals surface area contributed by atoms with Gasteiger partial charge in [-0.3, -0.25) is 9.88 Å². The lowest BCUT2D eigenvalue weighted by Crippen LogP contribution is -2.30. The van der Waals surface area contributed by atoms with E-state index in [4.69, 9.17) is 9.47 Å². The summed E-state index contributed by atoms with van der Waals surface area (Å²) in [6.45, 7) is 4.81. The van der Waals surface area contributed by atoms with Crippen LogP contribution in [0.2, 0.25) is 0 Å². The van der Waals surface area contributed by atoms with E-state index in [1.807, 2.05) is 41.1 Å². The molecule has 0 saturated carbocycles. The molecule has 2 aromatic carbocycles. The van der Waals surface area contributed by atoms with E-state index < -0.39 is 0 Å². The van der Waals surface area contributed by atoms with E-state index in [9.17, 15) is 0 Å². The Bertz CT molecular complexity index is 1140. The van der Waals surface area contributed by atoms with Gasteiger partial charge in [0.1, 0.15) is 12.4 Å². The van der Waals surface area contributed by atoms with Crippen molar-refractivity contribution in [2.24, 2.45) is 5.92 Å². The first-order valence-corrected chi connectivity index (χ1v) is 11.2. The van der Waals surface area contributed by atoms with Crippen LogP contribution in [0.15, 0.2) is 79.4 Å². The van der Waals surface area contributed by atoms with Crippen molar-refractivity contribution in [2.75, 3.05) is 26.3 Å². The van der Waals surface area contributed by atoms with E-state index in [-0.39, 0.29) is 0 Å². The minimum atomic E-state index is 0.392. The third-order valence-electron chi connectivity index (χ3n) is 5.86. The molecular formula is C26H28N4O2. The van der Waals surface area contributed by atoms with Crippen LogP contribution in [0.25, 0.3) is 5.65 Å². The first kappa shape index (κ1) is 20.7. The van der Waals surface area contributed by atoms with E-state index in [1.165, 1.54) is 11.1 Å². The maximum absolute atomic E-state index is 6.18. The molecule has 164 valence electrons. The second-order valence-corrected chi connectivity index (χ2v) is 8.33. The third-order valence-corrected chi connectivity index (χ3v) is 5.86. The van der Waals surface area contributed by atoms with Crippen molar-refractivity contribution in [1.82, 2.24) is 19.3 Å². The molecule has 1 fully saturated rings. The van der Waals surface area contributed by atoms with Crippen LogP contribution in [0.1, 0.15) is 16.8 Å². The van der Waals surface area contributed by atoms with Gasteiger partial charge in [0.2, 0.25) is 0 Å². The number of benzene rings is 2. The number of hydrogen-bond acceptors (Lipinski definition) is 5. The average molecular weight is 429 g/mol. The summed E-state index contributed by atoms with van der Waals surface area (Å²) in [5.41, 5.74) is 4.33. The lowest BCUT2D eigenvalue weighted by Gasteiger charge is -2.24. The number of aromatic nitrogens is 3. The Kier molecular flexibility index (Phi) is 6.42. The molecular weight excluding hydrogens is 400 g/mol. The third kappa shape index (κ3) is 5.15. The monoisotopic (exact) mass is 428 g/mol. The average Bonchev–Trinajstić information content (AvgIpc) is 3.19. The minimum Gasteiger partial charge on any atom is -0.489 e. The maximum Gasteiger partial charge on any atom is 0.155 e. The van der Waals surface area contributed by atoms with Gasteiger partial charge in [-0.2, -0.15) is 0 Å². The molecule has 5 rings (SSSR count).